The van der Waals surface area contributed by atoms with E-state index in [0.717, 1.165) is 24.8 Å². The quantitative estimate of drug-likeness (QED) is 0.788. The second kappa shape index (κ2) is 6.85. The molecule has 0 aliphatic heterocycles. The van der Waals surface area contributed by atoms with Gasteiger partial charge in [-0.3, -0.25) is 4.79 Å². The van der Waals surface area contributed by atoms with Gasteiger partial charge in [-0.25, -0.2) is 4.79 Å². The third kappa shape index (κ3) is 3.19. The molecular formula is C14H20N2O3S. The molecule has 3 N–H and O–H groups in total. The van der Waals surface area contributed by atoms with Crippen molar-refractivity contribution in [2.45, 2.75) is 39.0 Å². The van der Waals surface area contributed by atoms with Crippen LogP contribution in [0.4, 0.5) is 5.00 Å². The molecule has 0 radical (unpaired) electrons. The zero-order chi connectivity index (χ0) is 14.5. The molecule has 20 heavy (non-hydrogen) atoms. The van der Waals surface area contributed by atoms with Gasteiger partial charge in [0.2, 0.25) is 5.91 Å². The third-order valence-corrected chi connectivity index (χ3v) is 4.47. The molecule has 0 aromatic carbocycles. The smallest absolute Gasteiger partial charge is 0.341 e. The molecule has 6 heteroatoms. The van der Waals surface area contributed by atoms with Gasteiger partial charge in [0.05, 0.1) is 12.2 Å². The van der Waals surface area contributed by atoms with Crippen LogP contribution in [0, 0.1) is 0 Å². The SMILES string of the molecule is CCOC(=O)c1c(NC(=O)CCCN)sc2c1CCC2. The Balaban J connectivity index is 2.19. The van der Waals surface area contributed by atoms with Gasteiger partial charge in [-0.2, -0.15) is 0 Å². The van der Waals surface area contributed by atoms with Crippen LogP contribution >= 0.6 is 11.3 Å². The Morgan fingerprint density at radius 2 is 2.20 bits per heavy atom. The second-order valence-electron chi connectivity index (χ2n) is 4.72. The first-order valence-electron chi connectivity index (χ1n) is 6.99. The van der Waals surface area contributed by atoms with E-state index in [4.69, 9.17) is 10.5 Å². The van der Waals surface area contributed by atoms with E-state index in [-0.39, 0.29) is 11.9 Å². The summed E-state index contributed by atoms with van der Waals surface area (Å²) in [5, 5.41) is 3.47. The summed E-state index contributed by atoms with van der Waals surface area (Å²) in [5.41, 5.74) is 7.01. The predicted molar refractivity (Wildman–Crippen MR) is 79.2 cm³/mol. The molecule has 1 aromatic rings. The largest absolute Gasteiger partial charge is 0.462 e. The maximum absolute atomic E-state index is 12.1. The van der Waals surface area contributed by atoms with Crippen molar-refractivity contribution in [2.75, 3.05) is 18.5 Å². The Hall–Kier alpha value is -1.40. The number of rotatable bonds is 6. The van der Waals surface area contributed by atoms with Crippen LogP contribution in [0.5, 0.6) is 0 Å². The molecule has 0 fully saturated rings. The van der Waals surface area contributed by atoms with Crippen LogP contribution in [-0.4, -0.2) is 25.0 Å². The van der Waals surface area contributed by atoms with Gasteiger partial charge < -0.3 is 15.8 Å². The summed E-state index contributed by atoms with van der Waals surface area (Å²) in [6, 6.07) is 0. The highest BCUT2D eigenvalue weighted by Gasteiger charge is 2.28. The number of carbonyl (C=O) groups excluding carboxylic acids is 2. The number of carbonyl (C=O) groups is 2. The van der Waals surface area contributed by atoms with Crippen LogP contribution in [0.15, 0.2) is 0 Å². The summed E-state index contributed by atoms with van der Waals surface area (Å²) < 4.78 is 5.11. The minimum atomic E-state index is -0.332. The van der Waals surface area contributed by atoms with Crippen LogP contribution in [-0.2, 0) is 22.4 Å². The summed E-state index contributed by atoms with van der Waals surface area (Å²) in [7, 11) is 0. The maximum atomic E-state index is 12.1. The van der Waals surface area contributed by atoms with Gasteiger partial charge in [-0.05, 0) is 44.7 Å². The monoisotopic (exact) mass is 296 g/mol. The van der Waals surface area contributed by atoms with E-state index in [1.54, 1.807) is 6.92 Å². The van der Waals surface area contributed by atoms with E-state index in [0.29, 0.717) is 36.6 Å². The van der Waals surface area contributed by atoms with E-state index < -0.39 is 0 Å². The standard InChI is InChI=1S/C14H20N2O3S/c1-2-19-14(18)12-9-5-3-6-10(9)20-13(12)16-11(17)7-4-8-15/h2-8,15H2,1H3,(H,16,17). The zero-order valence-electron chi connectivity index (χ0n) is 11.7. The molecule has 0 unspecified atom stereocenters. The number of thiophene rings is 1. The Bertz CT molecular complexity index is 511. The topological polar surface area (TPSA) is 81.4 Å². The molecule has 5 nitrogen and oxygen atoms in total. The minimum absolute atomic E-state index is 0.0964. The first-order valence-corrected chi connectivity index (χ1v) is 7.80. The van der Waals surface area contributed by atoms with Crippen molar-refractivity contribution in [3.63, 3.8) is 0 Å². The first-order chi connectivity index (χ1) is 9.67. The number of hydrogen-bond acceptors (Lipinski definition) is 5. The lowest BCUT2D eigenvalue weighted by molar-refractivity contribution is -0.116. The average molecular weight is 296 g/mol. The fourth-order valence-corrected chi connectivity index (χ4v) is 3.66. The van der Waals surface area contributed by atoms with E-state index in [1.165, 1.54) is 16.2 Å². The van der Waals surface area contributed by atoms with Gasteiger partial charge in [0.15, 0.2) is 0 Å². The second-order valence-corrected chi connectivity index (χ2v) is 5.83. The Morgan fingerprint density at radius 3 is 2.90 bits per heavy atom. The molecule has 1 aliphatic carbocycles. The van der Waals surface area contributed by atoms with Gasteiger partial charge in [0.25, 0.3) is 0 Å². The van der Waals surface area contributed by atoms with Crippen molar-refractivity contribution in [3.8, 4) is 0 Å². The molecule has 110 valence electrons. The number of nitrogens with two attached hydrogens (primary N) is 1. The highest BCUT2D eigenvalue weighted by molar-refractivity contribution is 7.17. The molecular weight excluding hydrogens is 276 g/mol. The number of anilines is 1. The Morgan fingerprint density at radius 1 is 1.40 bits per heavy atom. The number of esters is 1. The normalized spacial score (nSPS) is 13.1. The number of aryl methyl sites for hydroxylation is 1. The fourth-order valence-electron chi connectivity index (χ4n) is 2.36. The number of hydrogen-bond donors (Lipinski definition) is 2. The number of nitrogens with one attached hydrogen (secondary N) is 1. The summed E-state index contributed by atoms with van der Waals surface area (Å²) in [5.74, 6) is -0.429. The Kier molecular flexibility index (Phi) is 5.14. The predicted octanol–water partition coefficient (Wildman–Crippen LogP) is 2.09. The van der Waals surface area contributed by atoms with E-state index in [9.17, 15) is 9.59 Å². The van der Waals surface area contributed by atoms with Gasteiger partial charge in [-0.15, -0.1) is 11.3 Å². The molecule has 0 saturated heterocycles. The molecule has 0 saturated carbocycles. The number of fused-ring (bicyclic) bond motifs is 1. The summed E-state index contributed by atoms with van der Waals surface area (Å²) in [4.78, 5) is 25.1. The van der Waals surface area contributed by atoms with Crippen LogP contribution in [0.25, 0.3) is 0 Å². The van der Waals surface area contributed by atoms with Crippen molar-refractivity contribution in [3.05, 3.63) is 16.0 Å². The van der Waals surface area contributed by atoms with Crippen LogP contribution in [0.1, 0.15) is 47.0 Å². The Labute approximate surface area is 122 Å². The minimum Gasteiger partial charge on any atom is -0.462 e. The molecule has 1 aliphatic rings. The van der Waals surface area contributed by atoms with E-state index in [2.05, 4.69) is 5.32 Å². The highest BCUT2D eigenvalue weighted by Crippen LogP contribution is 2.39. The van der Waals surface area contributed by atoms with E-state index in [1.807, 2.05) is 0 Å². The van der Waals surface area contributed by atoms with Gasteiger partial charge in [-0.1, -0.05) is 0 Å². The average Bonchev–Trinajstić information content (AvgIpc) is 2.96. The first kappa shape index (κ1) is 15.0. The lowest BCUT2D eigenvalue weighted by Gasteiger charge is -2.07. The molecule has 1 heterocycles. The maximum Gasteiger partial charge on any atom is 0.341 e. The summed E-state index contributed by atoms with van der Waals surface area (Å²) >= 11 is 1.50. The fraction of sp³-hybridized carbons (Fsp3) is 0.571. The zero-order valence-corrected chi connectivity index (χ0v) is 12.5. The van der Waals surface area contributed by atoms with Gasteiger partial charge >= 0.3 is 5.97 Å². The molecule has 0 spiro atoms. The molecule has 2 rings (SSSR count). The van der Waals surface area contributed by atoms with Gasteiger partial charge in [0, 0.05) is 11.3 Å². The molecule has 1 aromatic heterocycles. The van der Waals surface area contributed by atoms with Gasteiger partial charge in [0.1, 0.15) is 5.00 Å². The lowest BCUT2D eigenvalue weighted by atomic mass is 10.1. The van der Waals surface area contributed by atoms with Crippen molar-refractivity contribution in [2.24, 2.45) is 5.73 Å². The number of ether oxygens (including phenoxy) is 1. The summed E-state index contributed by atoms with van der Waals surface area (Å²) in [6.45, 7) is 2.60. The molecule has 0 atom stereocenters. The van der Waals surface area contributed by atoms with Crippen molar-refractivity contribution in [1.82, 2.24) is 0 Å². The van der Waals surface area contributed by atoms with E-state index >= 15 is 0 Å². The van der Waals surface area contributed by atoms with Crippen LogP contribution in [0.3, 0.4) is 0 Å². The lowest BCUT2D eigenvalue weighted by Crippen LogP contribution is -2.16. The van der Waals surface area contributed by atoms with Crippen molar-refractivity contribution < 1.29 is 14.3 Å². The summed E-state index contributed by atoms with van der Waals surface area (Å²) in [6.07, 6.45) is 3.95. The molecule has 0 bridgehead atoms. The third-order valence-electron chi connectivity index (χ3n) is 3.26. The molecule has 1 amide bonds. The highest BCUT2D eigenvalue weighted by atomic mass is 32.1. The van der Waals surface area contributed by atoms with Crippen molar-refractivity contribution >= 4 is 28.2 Å². The van der Waals surface area contributed by atoms with Crippen LogP contribution in [0.2, 0.25) is 0 Å². The van der Waals surface area contributed by atoms with Crippen LogP contribution < -0.4 is 11.1 Å². The number of amides is 1. The van der Waals surface area contributed by atoms with Crippen molar-refractivity contribution in [1.29, 1.82) is 0 Å².